The summed E-state index contributed by atoms with van der Waals surface area (Å²) >= 11 is 6.57. The number of carbonyl (C=O) groups excluding carboxylic acids is 1. The van der Waals surface area contributed by atoms with Gasteiger partial charge < -0.3 is 19.9 Å². The summed E-state index contributed by atoms with van der Waals surface area (Å²) in [5.41, 5.74) is 3.63. The molecule has 1 aliphatic heterocycles. The molecule has 2 heterocycles. The number of rotatable bonds is 5. The molecule has 1 aliphatic rings. The van der Waals surface area contributed by atoms with Crippen LogP contribution in [0, 0.1) is 11.5 Å². The van der Waals surface area contributed by atoms with Gasteiger partial charge in [0.2, 0.25) is 0 Å². The van der Waals surface area contributed by atoms with Gasteiger partial charge in [0.05, 0.1) is 19.5 Å². The Morgan fingerprint density at radius 2 is 2.13 bits per heavy atom. The van der Waals surface area contributed by atoms with Gasteiger partial charge in [0.25, 0.3) is 0 Å². The van der Waals surface area contributed by atoms with Crippen molar-refractivity contribution in [1.29, 1.82) is 5.41 Å². The normalized spacial score (nSPS) is 17.4. The maximum absolute atomic E-state index is 12.3. The van der Waals surface area contributed by atoms with Crippen LogP contribution in [0.4, 0.5) is 5.82 Å². The van der Waals surface area contributed by atoms with Gasteiger partial charge in [-0.1, -0.05) is 48.9 Å². The van der Waals surface area contributed by atoms with E-state index in [9.17, 15) is 4.79 Å². The number of halogens is 1. The quantitative estimate of drug-likeness (QED) is 0.344. The van der Waals surface area contributed by atoms with Crippen molar-refractivity contribution in [2.75, 3.05) is 13.7 Å². The number of hydrogen-bond donors (Lipinski definition) is 2. The van der Waals surface area contributed by atoms with E-state index in [1.807, 2.05) is 18.2 Å². The van der Waals surface area contributed by atoms with Gasteiger partial charge in [-0.05, 0) is 19.4 Å². The molecule has 2 aromatic rings. The summed E-state index contributed by atoms with van der Waals surface area (Å²) in [6, 6.07) is 3.77. The first-order chi connectivity index (χ1) is 13.9. The number of esters is 1. The molecular formula is C22H23ClCsN3O3. The zero-order valence-electron chi connectivity index (χ0n) is 17.9. The number of aromatic amines is 1. The van der Waals surface area contributed by atoms with E-state index in [-0.39, 0.29) is 68.9 Å². The average molecular weight is 546 g/mol. The minimum absolute atomic E-state index is 0. The summed E-state index contributed by atoms with van der Waals surface area (Å²) in [6.07, 6.45) is 5.97. The van der Waals surface area contributed by atoms with Gasteiger partial charge in [0.15, 0.2) is 0 Å². The van der Waals surface area contributed by atoms with Crippen molar-refractivity contribution in [3.8, 4) is 5.75 Å². The summed E-state index contributed by atoms with van der Waals surface area (Å²) in [6.45, 7) is 5.53. The first-order valence-electron chi connectivity index (χ1n) is 9.36. The molecular weight excluding hydrogens is 523 g/mol. The van der Waals surface area contributed by atoms with Crippen LogP contribution in [-0.2, 0) is 9.53 Å². The molecule has 0 aliphatic carbocycles. The molecule has 3 rings (SSSR count). The van der Waals surface area contributed by atoms with E-state index >= 15 is 0 Å². The van der Waals surface area contributed by atoms with Crippen molar-refractivity contribution in [3.05, 3.63) is 35.4 Å². The van der Waals surface area contributed by atoms with Gasteiger partial charge >= 0.3 is 74.9 Å². The van der Waals surface area contributed by atoms with Crippen LogP contribution >= 0.6 is 11.6 Å². The summed E-state index contributed by atoms with van der Waals surface area (Å²) in [5, 5.41) is 9.42. The average Bonchev–Trinajstić information content (AvgIpc) is 3.01. The van der Waals surface area contributed by atoms with Crippen LogP contribution < -0.4 is 73.6 Å². The van der Waals surface area contributed by atoms with E-state index in [0.29, 0.717) is 58.6 Å². The second-order valence-electron chi connectivity index (χ2n) is 6.57. The minimum atomic E-state index is -0.424. The third-order valence-electron chi connectivity index (χ3n) is 4.69. The molecule has 0 unspecified atom stereocenters. The molecule has 2 N–H and O–H groups in total. The second kappa shape index (κ2) is 11.2. The van der Waals surface area contributed by atoms with Gasteiger partial charge in [0.1, 0.15) is 11.5 Å². The number of ether oxygens (including phenoxy) is 2. The number of benzene rings is 1. The van der Waals surface area contributed by atoms with Gasteiger partial charge in [0, 0.05) is 27.9 Å². The van der Waals surface area contributed by atoms with Gasteiger partial charge in [-0.2, -0.15) is 5.57 Å². The molecule has 0 saturated carbocycles. The molecule has 1 aromatic heterocycles. The molecule has 152 valence electrons. The van der Waals surface area contributed by atoms with Crippen molar-refractivity contribution in [2.24, 2.45) is 4.99 Å². The number of H-pyrrole nitrogens is 1. The number of fused-ring (bicyclic) bond motifs is 3. The third kappa shape index (κ3) is 5.15. The zero-order chi connectivity index (χ0) is 21.1. The van der Waals surface area contributed by atoms with E-state index in [1.165, 1.54) is 0 Å². The van der Waals surface area contributed by atoms with Crippen molar-refractivity contribution in [1.82, 2.24) is 4.98 Å². The van der Waals surface area contributed by atoms with Crippen molar-refractivity contribution >= 4 is 56.3 Å². The van der Waals surface area contributed by atoms with Crippen molar-refractivity contribution < 1.29 is 83.2 Å². The predicted octanol–water partition coefficient (Wildman–Crippen LogP) is 2.44. The molecule has 8 heteroatoms. The van der Waals surface area contributed by atoms with E-state index in [0.717, 1.165) is 16.5 Å². The first kappa shape index (κ1) is 25.5. The molecule has 0 amide bonds. The molecule has 0 bridgehead atoms. The van der Waals surface area contributed by atoms with Crippen LogP contribution in [0.25, 0.3) is 21.5 Å². The predicted molar refractivity (Wildman–Crippen MR) is 117 cm³/mol. The number of allylic oxidation sites excluding steroid dienone is 3. The second-order valence-corrected chi connectivity index (χ2v) is 6.97. The van der Waals surface area contributed by atoms with Crippen LogP contribution in [0.15, 0.2) is 23.2 Å². The molecule has 1 aromatic carbocycles. The fourth-order valence-electron chi connectivity index (χ4n) is 3.41. The monoisotopic (exact) mass is 545 g/mol. The van der Waals surface area contributed by atoms with Gasteiger partial charge in [-0.3, -0.25) is 0 Å². The minimum Gasteiger partial charge on any atom is -0.509 e. The fourth-order valence-corrected chi connectivity index (χ4v) is 3.71. The van der Waals surface area contributed by atoms with Crippen molar-refractivity contribution in [2.45, 2.75) is 33.6 Å². The first-order valence-corrected chi connectivity index (χ1v) is 9.74. The van der Waals surface area contributed by atoms with Gasteiger partial charge in [-0.15, -0.1) is 0 Å². The molecule has 0 fully saturated rings. The SMILES string of the molecule is C[C-]=C(C(C)=N)c1cc2[nH]c3c(c2cc1OC)/C(Cl)=C\CC/C(C(=O)OCC)=N\3.[Cs+]. The Morgan fingerprint density at radius 1 is 1.40 bits per heavy atom. The molecule has 30 heavy (non-hydrogen) atoms. The van der Waals surface area contributed by atoms with Crippen LogP contribution in [0.3, 0.4) is 0 Å². The molecule has 6 nitrogen and oxygen atoms in total. The molecule has 0 spiro atoms. The maximum atomic E-state index is 12.3. The Balaban J connectivity index is 0.00000320. The van der Waals surface area contributed by atoms with E-state index in [2.05, 4.69) is 16.1 Å². The zero-order valence-corrected chi connectivity index (χ0v) is 24.9. The van der Waals surface area contributed by atoms with Crippen LogP contribution in [0.5, 0.6) is 5.75 Å². The van der Waals surface area contributed by atoms with Crippen molar-refractivity contribution in [3.63, 3.8) is 0 Å². The number of methoxy groups -OCH3 is 1. The van der Waals surface area contributed by atoms with Gasteiger partial charge in [-0.25, -0.2) is 15.9 Å². The topological polar surface area (TPSA) is 87.5 Å². The van der Waals surface area contributed by atoms with E-state index < -0.39 is 5.97 Å². The Labute approximate surface area is 240 Å². The molecule has 0 radical (unpaired) electrons. The fraction of sp³-hybridized carbons (Fsp3) is 0.318. The number of aromatic nitrogens is 1. The Bertz CT molecular complexity index is 1080. The number of carbonyl (C=O) groups is 1. The number of nitrogens with one attached hydrogen (secondary N) is 2. The standard InChI is InChI=1S/C22H23ClN3O3.Cs/c1-5-13(12(3)24)14-10-18-15(11-19(14)28-4)20-16(23)8-7-9-17(22(27)29-6-2)25-21(20)26-18;/h8,10-11,24,26H,6-7,9H2,1-4H3;/q-1;+1/b16-8+,24-12?,25-17+;. The Hall–Kier alpha value is -0.808. The summed E-state index contributed by atoms with van der Waals surface area (Å²) in [7, 11) is 1.59. The summed E-state index contributed by atoms with van der Waals surface area (Å²) < 4.78 is 10.7. The summed E-state index contributed by atoms with van der Waals surface area (Å²) in [5.74, 6) is 0.684. The van der Waals surface area contributed by atoms with Crippen LogP contribution in [0.2, 0.25) is 0 Å². The molecule has 0 atom stereocenters. The van der Waals surface area contributed by atoms with E-state index in [4.69, 9.17) is 26.5 Å². The third-order valence-corrected chi connectivity index (χ3v) is 5.04. The Kier molecular flexibility index (Phi) is 9.48. The molecule has 0 saturated heterocycles. The largest absolute Gasteiger partial charge is 1.00 e. The number of hydrogen-bond acceptors (Lipinski definition) is 5. The van der Waals surface area contributed by atoms with Crippen LogP contribution in [0.1, 0.15) is 44.7 Å². The maximum Gasteiger partial charge on any atom is 1.00 e. The number of nitrogens with zero attached hydrogens (tertiary/aromatic N) is 1. The Morgan fingerprint density at radius 3 is 2.73 bits per heavy atom. The smallest absolute Gasteiger partial charge is 0.509 e. The number of aliphatic imine (C=N–C) groups is 1. The van der Waals surface area contributed by atoms with Crippen LogP contribution in [-0.4, -0.2) is 36.1 Å². The summed E-state index contributed by atoms with van der Waals surface area (Å²) in [4.78, 5) is 20.1. The van der Waals surface area contributed by atoms with E-state index in [1.54, 1.807) is 27.9 Å².